The van der Waals surface area contributed by atoms with E-state index in [0.29, 0.717) is 44.6 Å². The minimum Gasteiger partial charge on any atom is -0.444 e. The van der Waals surface area contributed by atoms with Crippen LogP contribution >= 0.6 is 0 Å². The zero-order valence-corrected chi connectivity index (χ0v) is 23.7. The average molecular weight is 529 g/mol. The minimum absolute atomic E-state index is 0.0826. The molecule has 2 aliphatic rings. The Bertz CT molecular complexity index is 993. The Morgan fingerprint density at radius 2 is 1.63 bits per heavy atom. The number of piperidine rings is 1. The number of likely N-dealkylation sites (tertiary alicyclic amines) is 2. The third-order valence-electron chi connectivity index (χ3n) is 7.22. The fourth-order valence-corrected chi connectivity index (χ4v) is 4.99. The Kier molecular flexibility index (Phi) is 9.79. The van der Waals surface area contributed by atoms with Crippen LogP contribution in [0.3, 0.4) is 0 Å². The third kappa shape index (κ3) is 7.71. The number of ether oxygens (including phenoxy) is 1. The molecular weight excluding hydrogens is 484 g/mol. The van der Waals surface area contributed by atoms with Crippen molar-refractivity contribution in [2.75, 3.05) is 25.0 Å². The first kappa shape index (κ1) is 29.5. The lowest BCUT2D eigenvalue weighted by atomic mass is 9.94. The maximum absolute atomic E-state index is 13.3. The fourth-order valence-electron chi connectivity index (χ4n) is 4.99. The number of aryl methyl sites for hydroxylation is 1. The van der Waals surface area contributed by atoms with E-state index in [0.717, 1.165) is 12.8 Å². The second-order valence-electron chi connectivity index (χ2n) is 11.7. The van der Waals surface area contributed by atoms with Gasteiger partial charge in [0.1, 0.15) is 17.7 Å². The quantitative estimate of drug-likeness (QED) is 0.557. The molecule has 2 fully saturated rings. The van der Waals surface area contributed by atoms with E-state index in [2.05, 4.69) is 17.6 Å². The summed E-state index contributed by atoms with van der Waals surface area (Å²) < 4.78 is 5.49. The number of nitrogens with zero attached hydrogens (tertiary/aromatic N) is 2. The fraction of sp³-hybridized carbons (Fsp3) is 0.655. The van der Waals surface area contributed by atoms with Crippen molar-refractivity contribution < 1.29 is 23.9 Å². The average Bonchev–Trinajstić information content (AvgIpc) is 3.36. The molecule has 210 valence electrons. The van der Waals surface area contributed by atoms with Gasteiger partial charge in [0.25, 0.3) is 0 Å². The lowest BCUT2D eigenvalue weighted by molar-refractivity contribution is -0.139. The van der Waals surface area contributed by atoms with Crippen LogP contribution in [-0.4, -0.2) is 70.9 Å². The first-order valence-electron chi connectivity index (χ1n) is 13.9. The van der Waals surface area contributed by atoms with Crippen LogP contribution in [0.5, 0.6) is 0 Å². The van der Waals surface area contributed by atoms with Gasteiger partial charge in [-0.2, -0.15) is 0 Å². The molecule has 9 nitrogen and oxygen atoms in total. The van der Waals surface area contributed by atoms with Crippen molar-refractivity contribution in [3.63, 3.8) is 0 Å². The molecule has 0 unspecified atom stereocenters. The lowest BCUT2D eigenvalue weighted by Gasteiger charge is -2.36. The summed E-state index contributed by atoms with van der Waals surface area (Å²) in [5, 5.41) is 5.86. The summed E-state index contributed by atoms with van der Waals surface area (Å²) in [5.41, 5.74) is 1.27. The SMILES string of the molecule is CCc1ccc(NC(=O)[C@H](NC(=O)C2CCN(C(=O)[C@H]3CCCN3C(=O)OC(C)(C)C)CC2)C(C)C)cc1. The minimum atomic E-state index is -0.658. The van der Waals surface area contributed by atoms with Gasteiger partial charge in [0, 0.05) is 31.2 Å². The van der Waals surface area contributed by atoms with Crippen LogP contribution in [0.25, 0.3) is 0 Å². The van der Waals surface area contributed by atoms with Crippen LogP contribution in [0.1, 0.15) is 72.8 Å². The Balaban J connectivity index is 1.53. The number of nitrogens with one attached hydrogen (secondary N) is 2. The van der Waals surface area contributed by atoms with Gasteiger partial charge in [-0.3, -0.25) is 19.3 Å². The van der Waals surface area contributed by atoms with E-state index < -0.39 is 23.8 Å². The molecule has 0 bridgehead atoms. The van der Waals surface area contributed by atoms with Crippen molar-refractivity contribution in [1.29, 1.82) is 0 Å². The van der Waals surface area contributed by atoms with Gasteiger partial charge in [0.15, 0.2) is 0 Å². The first-order valence-corrected chi connectivity index (χ1v) is 13.9. The van der Waals surface area contributed by atoms with Crippen molar-refractivity contribution in [2.45, 2.75) is 91.3 Å². The van der Waals surface area contributed by atoms with Gasteiger partial charge in [-0.25, -0.2) is 4.79 Å². The number of carbonyl (C=O) groups excluding carboxylic acids is 4. The topological polar surface area (TPSA) is 108 Å². The molecule has 2 saturated heterocycles. The highest BCUT2D eigenvalue weighted by molar-refractivity contribution is 5.97. The smallest absolute Gasteiger partial charge is 0.410 e. The first-order chi connectivity index (χ1) is 17.9. The summed E-state index contributed by atoms with van der Waals surface area (Å²) in [6.45, 7) is 12.7. The number of hydrogen-bond donors (Lipinski definition) is 2. The van der Waals surface area contributed by atoms with Crippen LogP contribution in [0.2, 0.25) is 0 Å². The summed E-state index contributed by atoms with van der Waals surface area (Å²) in [5.74, 6) is -0.850. The van der Waals surface area contributed by atoms with Gasteiger partial charge in [-0.05, 0) is 76.5 Å². The molecule has 0 radical (unpaired) electrons. The van der Waals surface area contributed by atoms with E-state index in [4.69, 9.17) is 4.74 Å². The number of benzene rings is 1. The Morgan fingerprint density at radius 1 is 1.00 bits per heavy atom. The zero-order chi connectivity index (χ0) is 28.0. The van der Waals surface area contributed by atoms with Crippen molar-refractivity contribution in [1.82, 2.24) is 15.1 Å². The molecule has 2 N–H and O–H groups in total. The van der Waals surface area contributed by atoms with Gasteiger partial charge in [0.05, 0.1) is 0 Å². The molecule has 9 heteroatoms. The molecule has 2 aliphatic heterocycles. The summed E-state index contributed by atoms with van der Waals surface area (Å²) in [6, 6.07) is 6.52. The third-order valence-corrected chi connectivity index (χ3v) is 7.22. The summed E-state index contributed by atoms with van der Waals surface area (Å²) in [6.07, 6.45) is 2.87. The summed E-state index contributed by atoms with van der Waals surface area (Å²) in [4.78, 5) is 55.2. The summed E-state index contributed by atoms with van der Waals surface area (Å²) in [7, 11) is 0. The maximum atomic E-state index is 13.3. The van der Waals surface area contributed by atoms with Crippen molar-refractivity contribution >= 4 is 29.5 Å². The molecule has 0 spiro atoms. The second kappa shape index (κ2) is 12.6. The molecule has 0 saturated carbocycles. The predicted octanol–water partition coefficient (Wildman–Crippen LogP) is 3.97. The zero-order valence-electron chi connectivity index (χ0n) is 23.7. The van der Waals surface area contributed by atoms with E-state index in [1.807, 2.05) is 58.9 Å². The van der Waals surface area contributed by atoms with E-state index in [1.54, 1.807) is 4.90 Å². The largest absolute Gasteiger partial charge is 0.444 e. The lowest BCUT2D eigenvalue weighted by Crippen LogP contribution is -2.53. The van der Waals surface area contributed by atoms with Crippen LogP contribution in [0, 0.1) is 11.8 Å². The Labute approximate surface area is 226 Å². The molecule has 2 atom stereocenters. The van der Waals surface area contributed by atoms with Crippen LogP contribution in [-0.2, 0) is 25.5 Å². The van der Waals surface area contributed by atoms with Gasteiger partial charge < -0.3 is 20.3 Å². The molecule has 0 aromatic heterocycles. The highest BCUT2D eigenvalue weighted by atomic mass is 16.6. The van der Waals surface area contributed by atoms with Gasteiger partial charge in [0.2, 0.25) is 17.7 Å². The molecule has 38 heavy (non-hydrogen) atoms. The Morgan fingerprint density at radius 3 is 2.18 bits per heavy atom. The molecule has 2 heterocycles. The predicted molar refractivity (Wildman–Crippen MR) is 146 cm³/mol. The normalized spacial score (nSPS) is 19.3. The number of carbonyl (C=O) groups is 4. The van der Waals surface area contributed by atoms with Gasteiger partial charge in [-0.15, -0.1) is 0 Å². The Hall–Kier alpha value is -3.10. The van der Waals surface area contributed by atoms with E-state index in [-0.39, 0.29) is 29.6 Å². The standard InChI is InChI=1S/C29H44N4O5/c1-7-20-10-12-22(13-11-20)30-26(35)24(19(2)3)31-25(34)21-14-17-32(18-15-21)27(36)23-9-8-16-33(23)28(37)38-29(4,5)6/h10-13,19,21,23-24H,7-9,14-18H2,1-6H3,(H,30,35)(H,31,34)/t23-,24-/m1/s1. The van der Waals surface area contributed by atoms with E-state index in [9.17, 15) is 19.2 Å². The van der Waals surface area contributed by atoms with Crippen LogP contribution in [0.15, 0.2) is 24.3 Å². The van der Waals surface area contributed by atoms with Crippen LogP contribution < -0.4 is 10.6 Å². The number of amides is 4. The highest BCUT2D eigenvalue weighted by Gasteiger charge is 2.40. The molecule has 0 aliphatic carbocycles. The van der Waals surface area contributed by atoms with Crippen molar-refractivity contribution in [2.24, 2.45) is 11.8 Å². The summed E-state index contributed by atoms with van der Waals surface area (Å²) >= 11 is 0. The molecule has 4 amide bonds. The maximum Gasteiger partial charge on any atom is 0.410 e. The van der Waals surface area contributed by atoms with Crippen molar-refractivity contribution in [3.8, 4) is 0 Å². The van der Waals surface area contributed by atoms with Crippen molar-refractivity contribution in [3.05, 3.63) is 29.8 Å². The second-order valence-corrected chi connectivity index (χ2v) is 11.7. The molecular formula is C29H44N4O5. The number of rotatable bonds is 7. The monoisotopic (exact) mass is 528 g/mol. The highest BCUT2D eigenvalue weighted by Crippen LogP contribution is 2.25. The number of anilines is 1. The number of hydrogen-bond acceptors (Lipinski definition) is 5. The molecule has 1 aromatic carbocycles. The molecule has 3 rings (SSSR count). The van der Waals surface area contributed by atoms with E-state index in [1.165, 1.54) is 10.5 Å². The van der Waals surface area contributed by atoms with E-state index >= 15 is 0 Å². The van der Waals surface area contributed by atoms with Gasteiger partial charge in [-0.1, -0.05) is 32.9 Å². The van der Waals surface area contributed by atoms with Gasteiger partial charge >= 0.3 is 6.09 Å². The molecule has 1 aromatic rings. The van der Waals surface area contributed by atoms with Crippen LogP contribution in [0.4, 0.5) is 10.5 Å².